The molecule has 0 saturated carbocycles. The summed E-state index contributed by atoms with van der Waals surface area (Å²) in [5, 5.41) is 14.4. The number of nitro benzene ring substituents is 1. The lowest BCUT2D eigenvalue weighted by atomic mass is 10.1. The Morgan fingerprint density at radius 3 is 2.43 bits per heavy atom. The summed E-state index contributed by atoms with van der Waals surface area (Å²) in [4.78, 5) is 44.3. The number of nitro groups is 1. The number of para-hydroxylation sites is 1. The van der Waals surface area contributed by atoms with Crippen molar-refractivity contribution in [3.8, 4) is 22.8 Å². The van der Waals surface area contributed by atoms with E-state index < -0.39 is 22.6 Å². The quantitative estimate of drug-likeness (QED) is 0.194. The van der Waals surface area contributed by atoms with Crippen molar-refractivity contribution in [2.75, 3.05) is 45.9 Å². The van der Waals surface area contributed by atoms with Gasteiger partial charge in [-0.2, -0.15) is 13.2 Å². The van der Waals surface area contributed by atoms with Crippen LogP contribution in [0, 0.1) is 10.1 Å². The predicted octanol–water partition coefficient (Wildman–Crippen LogP) is 5.22. The highest BCUT2D eigenvalue weighted by molar-refractivity contribution is 5.99. The van der Waals surface area contributed by atoms with Crippen LogP contribution in [0.1, 0.15) is 35.8 Å². The number of hydrogen-bond donors (Lipinski definition) is 1. The highest BCUT2D eigenvalue weighted by atomic mass is 19.4. The molecular formula is C28H30F3N5O6. The first-order valence-electron chi connectivity index (χ1n) is 13.4. The van der Waals surface area contributed by atoms with Crippen LogP contribution < -0.4 is 5.32 Å². The molecule has 3 aromatic rings. The Kier molecular flexibility index (Phi) is 9.78. The van der Waals surface area contributed by atoms with Gasteiger partial charge < -0.3 is 19.4 Å². The van der Waals surface area contributed by atoms with Gasteiger partial charge in [0.2, 0.25) is 5.89 Å². The molecule has 11 nitrogen and oxygen atoms in total. The number of oxazole rings is 1. The van der Waals surface area contributed by atoms with Gasteiger partial charge in [-0.05, 0) is 36.8 Å². The van der Waals surface area contributed by atoms with Crippen LogP contribution >= 0.6 is 0 Å². The zero-order chi connectivity index (χ0) is 30.3. The molecular weight excluding hydrogens is 559 g/mol. The van der Waals surface area contributed by atoms with E-state index in [1.54, 1.807) is 4.90 Å². The molecule has 1 aromatic heterocycles. The first-order valence-corrected chi connectivity index (χ1v) is 13.4. The van der Waals surface area contributed by atoms with Gasteiger partial charge in [0, 0.05) is 50.9 Å². The summed E-state index contributed by atoms with van der Waals surface area (Å²) in [6, 6.07) is 9.65. The largest absolute Gasteiger partial charge is 0.449 e. The van der Waals surface area contributed by atoms with Crippen LogP contribution in [-0.2, 0) is 10.9 Å². The molecule has 224 valence electrons. The number of hydrogen-bond acceptors (Lipinski definition) is 8. The Morgan fingerprint density at radius 1 is 1.10 bits per heavy atom. The lowest BCUT2D eigenvalue weighted by Crippen LogP contribution is -2.50. The zero-order valence-corrected chi connectivity index (χ0v) is 22.9. The Hall–Kier alpha value is -4.46. The molecule has 2 heterocycles. The van der Waals surface area contributed by atoms with Crippen LogP contribution in [0.2, 0.25) is 0 Å². The van der Waals surface area contributed by atoms with E-state index in [4.69, 9.17) is 9.15 Å². The molecule has 1 fully saturated rings. The normalized spacial score (nSPS) is 14.0. The van der Waals surface area contributed by atoms with Crippen molar-refractivity contribution >= 4 is 17.7 Å². The Morgan fingerprint density at radius 2 is 1.79 bits per heavy atom. The summed E-state index contributed by atoms with van der Waals surface area (Å²) in [7, 11) is 0. The number of benzene rings is 2. The van der Waals surface area contributed by atoms with Gasteiger partial charge in [0.15, 0.2) is 11.5 Å². The Bertz CT molecular complexity index is 1400. The first kappa shape index (κ1) is 30.5. The lowest BCUT2D eigenvalue weighted by molar-refractivity contribution is -0.384. The average molecular weight is 590 g/mol. The Balaban J connectivity index is 1.46. The van der Waals surface area contributed by atoms with Crippen molar-refractivity contribution in [2.45, 2.75) is 25.9 Å². The fourth-order valence-corrected chi connectivity index (χ4v) is 4.37. The number of ether oxygens (including phenoxy) is 1. The molecule has 42 heavy (non-hydrogen) atoms. The predicted molar refractivity (Wildman–Crippen MR) is 146 cm³/mol. The third-order valence-electron chi connectivity index (χ3n) is 6.71. The second-order valence-electron chi connectivity index (χ2n) is 9.60. The van der Waals surface area contributed by atoms with Crippen molar-refractivity contribution < 1.29 is 36.8 Å². The summed E-state index contributed by atoms with van der Waals surface area (Å²) in [5.41, 5.74) is -1.27. The van der Waals surface area contributed by atoms with Crippen molar-refractivity contribution in [3.05, 3.63) is 69.9 Å². The summed E-state index contributed by atoms with van der Waals surface area (Å²) in [6.07, 6.45) is -3.14. The van der Waals surface area contributed by atoms with Gasteiger partial charge in [-0.1, -0.05) is 25.5 Å². The molecule has 0 unspecified atom stereocenters. The topological polar surface area (TPSA) is 131 Å². The molecule has 0 atom stereocenters. The van der Waals surface area contributed by atoms with Crippen LogP contribution in [0.25, 0.3) is 22.8 Å². The van der Waals surface area contributed by atoms with Crippen LogP contribution in [0.5, 0.6) is 0 Å². The van der Waals surface area contributed by atoms with Crippen LogP contribution in [-0.4, -0.2) is 77.6 Å². The lowest BCUT2D eigenvalue weighted by Gasteiger charge is -2.34. The molecule has 0 aliphatic carbocycles. The maximum Gasteiger partial charge on any atom is 0.416 e. The minimum atomic E-state index is -4.54. The van der Waals surface area contributed by atoms with Gasteiger partial charge in [0.05, 0.1) is 22.7 Å². The summed E-state index contributed by atoms with van der Waals surface area (Å²) < 4.78 is 50.1. The van der Waals surface area contributed by atoms with E-state index in [2.05, 4.69) is 15.2 Å². The van der Waals surface area contributed by atoms with Gasteiger partial charge in [0.25, 0.3) is 11.6 Å². The van der Waals surface area contributed by atoms with Gasteiger partial charge >= 0.3 is 12.3 Å². The average Bonchev–Trinajstić information content (AvgIpc) is 3.43. The number of carbonyl (C=O) groups excluding carboxylic acids is 2. The SMILES string of the molecule is CCCCOC(=O)N1CCN(CCNC(=O)c2nc(-c3ccc(C(F)(F)F)cc3)oc2-c2ccccc2[N+](=O)[O-])CC1. The fraction of sp³-hybridized carbons (Fsp3) is 0.393. The molecule has 14 heteroatoms. The molecule has 4 rings (SSSR count). The summed E-state index contributed by atoms with van der Waals surface area (Å²) in [5.74, 6) is -1.00. The van der Waals surface area contributed by atoms with E-state index >= 15 is 0 Å². The van der Waals surface area contributed by atoms with Crippen molar-refractivity contribution in [3.63, 3.8) is 0 Å². The Labute approximate surface area is 239 Å². The number of carbonyl (C=O) groups is 2. The molecule has 0 radical (unpaired) electrons. The third kappa shape index (κ3) is 7.43. The second-order valence-corrected chi connectivity index (χ2v) is 9.60. The van der Waals surface area contributed by atoms with Gasteiger partial charge in [-0.15, -0.1) is 0 Å². The number of rotatable bonds is 10. The van der Waals surface area contributed by atoms with Crippen LogP contribution in [0.15, 0.2) is 52.9 Å². The monoisotopic (exact) mass is 589 g/mol. The van der Waals surface area contributed by atoms with E-state index in [1.165, 1.54) is 24.3 Å². The van der Waals surface area contributed by atoms with E-state index in [-0.39, 0.29) is 46.8 Å². The number of nitrogens with zero attached hydrogens (tertiary/aromatic N) is 4. The highest BCUT2D eigenvalue weighted by Crippen LogP contribution is 2.36. The maximum absolute atomic E-state index is 13.2. The number of nitrogens with one attached hydrogen (secondary N) is 1. The number of halogens is 3. The highest BCUT2D eigenvalue weighted by Gasteiger charge is 2.31. The zero-order valence-electron chi connectivity index (χ0n) is 22.9. The molecule has 0 bridgehead atoms. The van der Waals surface area contributed by atoms with E-state index in [0.717, 1.165) is 37.1 Å². The van der Waals surface area contributed by atoms with Crippen molar-refractivity contribution in [1.82, 2.24) is 20.1 Å². The standard InChI is InChI=1S/C28H30F3N5O6/c1-2-3-18-41-27(38)35-16-14-34(15-17-35)13-12-32-25(37)23-24(21-6-4-5-7-22(21)36(39)40)42-26(33-23)19-8-10-20(11-9-19)28(29,30)31/h4-11H,2-3,12-18H2,1H3,(H,32,37). The number of alkyl halides is 3. The molecule has 2 amide bonds. The number of amides is 2. The molecule has 1 aliphatic heterocycles. The van der Waals surface area contributed by atoms with Crippen LogP contribution in [0.3, 0.4) is 0 Å². The molecule has 1 saturated heterocycles. The van der Waals surface area contributed by atoms with Gasteiger partial charge in [0.1, 0.15) is 0 Å². The number of aromatic nitrogens is 1. The van der Waals surface area contributed by atoms with E-state index in [1.807, 2.05) is 6.92 Å². The minimum absolute atomic E-state index is 0.000237. The minimum Gasteiger partial charge on any atom is -0.449 e. The van der Waals surface area contributed by atoms with E-state index in [9.17, 15) is 32.9 Å². The van der Waals surface area contributed by atoms with Crippen molar-refractivity contribution in [1.29, 1.82) is 0 Å². The molecule has 0 spiro atoms. The van der Waals surface area contributed by atoms with Gasteiger partial charge in [-0.25, -0.2) is 9.78 Å². The molecule has 1 N–H and O–H groups in total. The van der Waals surface area contributed by atoms with E-state index in [0.29, 0.717) is 39.3 Å². The first-order chi connectivity index (χ1) is 20.1. The van der Waals surface area contributed by atoms with Gasteiger partial charge in [-0.3, -0.25) is 19.8 Å². The summed E-state index contributed by atoms with van der Waals surface area (Å²) in [6.45, 7) is 5.22. The molecule has 1 aliphatic rings. The number of unbranched alkanes of at least 4 members (excludes halogenated alkanes) is 1. The fourth-order valence-electron chi connectivity index (χ4n) is 4.37. The second kappa shape index (κ2) is 13.5. The summed E-state index contributed by atoms with van der Waals surface area (Å²) >= 11 is 0. The number of piperazine rings is 1. The van der Waals surface area contributed by atoms with Crippen molar-refractivity contribution in [2.24, 2.45) is 0 Å². The van der Waals surface area contributed by atoms with Crippen LogP contribution in [0.4, 0.5) is 23.7 Å². The molecule has 2 aromatic carbocycles. The maximum atomic E-state index is 13.2. The smallest absolute Gasteiger partial charge is 0.416 e. The third-order valence-corrected chi connectivity index (χ3v) is 6.71.